The smallest absolute Gasteiger partial charge is 0.241 e. The summed E-state index contributed by atoms with van der Waals surface area (Å²) in [4.78, 5) is 11.6. The molecule has 0 aliphatic carbocycles. The molecule has 21 heavy (non-hydrogen) atoms. The summed E-state index contributed by atoms with van der Waals surface area (Å²) in [5.74, 6) is -0.0730. The van der Waals surface area contributed by atoms with Crippen LogP contribution in [-0.2, 0) is 17.9 Å². The van der Waals surface area contributed by atoms with Crippen LogP contribution in [0, 0.1) is 5.82 Å². The molecule has 0 saturated carbocycles. The quantitative estimate of drug-likeness (QED) is 0.876. The van der Waals surface area contributed by atoms with E-state index in [0.29, 0.717) is 11.4 Å². The van der Waals surface area contributed by atoms with E-state index >= 15 is 0 Å². The van der Waals surface area contributed by atoms with Crippen LogP contribution >= 0.6 is 0 Å². The largest absolute Gasteiger partial charge is 0.487 e. The van der Waals surface area contributed by atoms with Crippen LogP contribution in [0.2, 0.25) is 0 Å². The highest BCUT2D eigenvalue weighted by molar-refractivity contribution is 5.75. The number of carbonyl (C=O) groups is 1. The Labute approximate surface area is 121 Å². The van der Waals surface area contributed by atoms with Gasteiger partial charge in [0.1, 0.15) is 30.4 Å². The van der Waals surface area contributed by atoms with E-state index < -0.39 is 0 Å². The van der Waals surface area contributed by atoms with Crippen molar-refractivity contribution in [2.45, 2.75) is 33.0 Å². The second-order valence-electron chi connectivity index (χ2n) is 4.88. The maximum atomic E-state index is 13.0. The number of aromatic nitrogens is 3. The minimum Gasteiger partial charge on any atom is -0.487 e. The van der Waals surface area contributed by atoms with E-state index in [9.17, 15) is 9.18 Å². The highest BCUT2D eigenvalue weighted by Crippen LogP contribution is 2.13. The first kappa shape index (κ1) is 15.0. The average Bonchev–Trinajstić information content (AvgIpc) is 2.83. The first-order valence-electron chi connectivity index (χ1n) is 6.59. The second-order valence-corrected chi connectivity index (χ2v) is 4.88. The summed E-state index contributed by atoms with van der Waals surface area (Å²) in [7, 11) is 0. The Kier molecular flexibility index (Phi) is 4.86. The van der Waals surface area contributed by atoms with E-state index in [0.717, 1.165) is 0 Å². The molecule has 1 aromatic heterocycles. The van der Waals surface area contributed by atoms with Crippen molar-refractivity contribution in [1.82, 2.24) is 20.3 Å². The normalized spacial score (nSPS) is 10.7. The van der Waals surface area contributed by atoms with Gasteiger partial charge in [-0.2, -0.15) is 0 Å². The molecule has 6 nitrogen and oxygen atoms in total. The van der Waals surface area contributed by atoms with E-state index in [1.807, 2.05) is 13.8 Å². The lowest BCUT2D eigenvalue weighted by molar-refractivity contribution is -0.122. The molecule has 0 aliphatic heterocycles. The number of nitrogens with zero attached hydrogens (tertiary/aromatic N) is 3. The minimum atomic E-state index is -0.360. The van der Waals surface area contributed by atoms with E-state index in [4.69, 9.17) is 4.74 Å². The monoisotopic (exact) mass is 292 g/mol. The molecule has 0 atom stereocenters. The van der Waals surface area contributed by atoms with Gasteiger partial charge in [0, 0.05) is 12.1 Å². The summed E-state index contributed by atoms with van der Waals surface area (Å²) >= 11 is 0. The van der Waals surface area contributed by atoms with Crippen LogP contribution < -0.4 is 10.1 Å². The van der Waals surface area contributed by atoms with Crippen molar-refractivity contribution < 1.29 is 13.9 Å². The molecule has 2 rings (SSSR count). The van der Waals surface area contributed by atoms with E-state index in [1.165, 1.54) is 16.8 Å². The molecule has 0 aliphatic rings. The molecule has 1 aromatic carbocycles. The molecule has 1 heterocycles. The van der Waals surface area contributed by atoms with Gasteiger partial charge < -0.3 is 10.1 Å². The highest BCUT2D eigenvalue weighted by Gasteiger charge is 2.07. The van der Waals surface area contributed by atoms with Crippen molar-refractivity contribution in [3.05, 3.63) is 42.0 Å². The lowest BCUT2D eigenvalue weighted by atomic mass is 10.3. The first-order valence-corrected chi connectivity index (χ1v) is 6.59. The summed E-state index contributed by atoms with van der Waals surface area (Å²) in [6, 6.07) is 5.94. The molecule has 0 saturated heterocycles. The molecule has 0 radical (unpaired) electrons. The molecule has 0 bridgehead atoms. The summed E-state index contributed by atoms with van der Waals surface area (Å²) in [5.41, 5.74) is 0.566. The number of nitrogens with one attached hydrogen (secondary N) is 1. The van der Waals surface area contributed by atoms with Crippen LogP contribution in [-0.4, -0.2) is 26.9 Å². The summed E-state index contributed by atoms with van der Waals surface area (Å²) in [6.07, 6.45) is 1.62. The molecule has 0 unspecified atom stereocenters. The Bertz CT molecular complexity index is 613. The Hall–Kier alpha value is -2.44. The van der Waals surface area contributed by atoms with Crippen LogP contribution in [0.5, 0.6) is 5.75 Å². The van der Waals surface area contributed by atoms with Crippen LogP contribution in [0.25, 0.3) is 0 Å². The zero-order valence-electron chi connectivity index (χ0n) is 11.9. The van der Waals surface area contributed by atoms with E-state index in [-0.39, 0.29) is 30.9 Å². The molecular formula is C14H17FN4O2. The molecule has 0 spiro atoms. The van der Waals surface area contributed by atoms with Crippen molar-refractivity contribution in [1.29, 1.82) is 0 Å². The molecule has 1 amide bonds. The second kappa shape index (κ2) is 6.83. The fraction of sp³-hybridized carbons (Fsp3) is 0.357. The summed E-state index contributed by atoms with van der Waals surface area (Å²) in [6.45, 7) is 4.04. The molecular weight excluding hydrogens is 275 g/mol. The summed E-state index contributed by atoms with van der Waals surface area (Å²) in [5, 5.41) is 10.5. The van der Waals surface area contributed by atoms with E-state index in [2.05, 4.69) is 15.6 Å². The number of amides is 1. The fourth-order valence-corrected chi connectivity index (χ4v) is 1.71. The van der Waals surface area contributed by atoms with Gasteiger partial charge in [-0.25, -0.2) is 9.07 Å². The molecule has 112 valence electrons. The predicted octanol–water partition coefficient (Wildman–Crippen LogP) is 1.52. The SMILES string of the molecule is CC(C)NC(=O)Cn1cc(COc2cccc(F)c2)nn1. The van der Waals surface area contributed by atoms with Crippen LogP contribution in [0.1, 0.15) is 19.5 Å². The number of ether oxygens (including phenoxy) is 1. The number of benzene rings is 1. The zero-order chi connectivity index (χ0) is 15.2. The Morgan fingerprint density at radius 2 is 2.29 bits per heavy atom. The molecule has 0 fully saturated rings. The minimum absolute atomic E-state index is 0.0804. The maximum absolute atomic E-state index is 13.0. The van der Waals surface area contributed by atoms with Crippen LogP contribution in [0.15, 0.2) is 30.5 Å². The lowest BCUT2D eigenvalue weighted by Crippen LogP contribution is -2.33. The average molecular weight is 292 g/mol. The van der Waals surface area contributed by atoms with Crippen molar-refractivity contribution in [3.8, 4) is 5.75 Å². The van der Waals surface area contributed by atoms with Crippen molar-refractivity contribution in [3.63, 3.8) is 0 Å². The van der Waals surface area contributed by atoms with Gasteiger partial charge >= 0.3 is 0 Å². The Balaban J connectivity index is 1.87. The fourth-order valence-electron chi connectivity index (χ4n) is 1.71. The standard InChI is InChI=1S/C14H17FN4O2/c1-10(2)16-14(20)8-19-7-12(17-18-19)9-21-13-5-3-4-11(15)6-13/h3-7,10H,8-9H2,1-2H3,(H,16,20). The van der Waals surface area contributed by atoms with Crippen molar-refractivity contribution >= 4 is 5.91 Å². The Morgan fingerprint density at radius 3 is 3.00 bits per heavy atom. The molecule has 2 aromatic rings. The number of rotatable bonds is 6. The van der Waals surface area contributed by atoms with Gasteiger partial charge in [-0.3, -0.25) is 4.79 Å². The number of carbonyl (C=O) groups excluding carboxylic acids is 1. The van der Waals surface area contributed by atoms with Gasteiger partial charge in [-0.15, -0.1) is 5.10 Å². The van der Waals surface area contributed by atoms with Gasteiger partial charge in [0.25, 0.3) is 0 Å². The zero-order valence-corrected chi connectivity index (χ0v) is 11.9. The highest BCUT2D eigenvalue weighted by atomic mass is 19.1. The topological polar surface area (TPSA) is 69.0 Å². The third kappa shape index (κ3) is 4.87. The van der Waals surface area contributed by atoms with Crippen LogP contribution in [0.4, 0.5) is 4.39 Å². The molecule has 1 N–H and O–H groups in total. The first-order chi connectivity index (χ1) is 10.0. The van der Waals surface area contributed by atoms with Gasteiger partial charge in [-0.05, 0) is 26.0 Å². The number of hydrogen-bond acceptors (Lipinski definition) is 4. The maximum Gasteiger partial charge on any atom is 0.241 e. The van der Waals surface area contributed by atoms with Gasteiger partial charge in [0.2, 0.25) is 5.91 Å². The van der Waals surface area contributed by atoms with Crippen molar-refractivity contribution in [2.75, 3.05) is 0 Å². The van der Waals surface area contributed by atoms with Crippen LogP contribution in [0.3, 0.4) is 0 Å². The molecule has 7 heteroatoms. The van der Waals surface area contributed by atoms with Gasteiger partial charge in [0.05, 0.1) is 6.20 Å². The van der Waals surface area contributed by atoms with Crippen molar-refractivity contribution in [2.24, 2.45) is 0 Å². The third-order valence-electron chi connectivity index (χ3n) is 2.52. The predicted molar refractivity (Wildman–Crippen MR) is 74.0 cm³/mol. The lowest BCUT2D eigenvalue weighted by Gasteiger charge is -2.07. The van der Waals surface area contributed by atoms with Gasteiger partial charge in [-0.1, -0.05) is 11.3 Å². The van der Waals surface area contributed by atoms with E-state index in [1.54, 1.807) is 18.3 Å². The number of hydrogen-bond donors (Lipinski definition) is 1. The third-order valence-corrected chi connectivity index (χ3v) is 2.52. The van der Waals surface area contributed by atoms with Gasteiger partial charge in [0.15, 0.2) is 0 Å². The number of halogens is 1. The Morgan fingerprint density at radius 1 is 1.48 bits per heavy atom. The summed E-state index contributed by atoms with van der Waals surface area (Å²) < 4.78 is 19.8.